The van der Waals surface area contributed by atoms with Crippen molar-refractivity contribution >= 4 is 11.6 Å². The quantitative estimate of drug-likeness (QED) is 0.601. The number of aliphatic hydroxyl groups excluding tert-OH is 1. The minimum Gasteiger partial charge on any atom is -0.412 e. The topological polar surface area (TPSA) is 130 Å². The molecule has 3 atom stereocenters. The van der Waals surface area contributed by atoms with Gasteiger partial charge in [-0.3, -0.25) is 0 Å². The average Bonchev–Trinajstić information content (AvgIpc) is 2.51. The standard InChI is InChI=1S/C20H35ClN2O.CH4.3H2O/c1-15(2)19(22-10-12-24)13-23-11-9-18(20(3,4)14-23)16-5-7-17(21)8-6-16;;;;/h5-7,15,17-19,22,24H,8-14H2,1-4H3;1H4;3*1H2/t17?,18?,19-;;;;/m0..../s1. The fourth-order valence-electron chi connectivity index (χ4n) is 4.15. The Balaban J connectivity index is -0.00000156. The molecule has 28 heavy (non-hydrogen) atoms. The Morgan fingerprint density at radius 1 is 1.29 bits per heavy atom. The van der Waals surface area contributed by atoms with Crippen LogP contribution in [0.3, 0.4) is 0 Å². The molecule has 0 aromatic heterocycles. The molecule has 7 heteroatoms. The molecule has 170 valence electrons. The molecule has 2 aliphatic rings. The second-order valence-electron chi connectivity index (χ2n) is 8.41. The molecule has 6 nitrogen and oxygen atoms in total. The molecule has 1 fully saturated rings. The van der Waals surface area contributed by atoms with Gasteiger partial charge in [0.05, 0.1) is 12.0 Å². The third-order valence-corrected chi connectivity index (χ3v) is 5.89. The number of hydrogen-bond acceptors (Lipinski definition) is 3. The normalized spacial score (nSPS) is 24.8. The lowest BCUT2D eigenvalue weighted by molar-refractivity contribution is 0.0626. The van der Waals surface area contributed by atoms with Crippen LogP contribution in [0.2, 0.25) is 0 Å². The van der Waals surface area contributed by atoms with Crippen LogP contribution >= 0.6 is 11.6 Å². The van der Waals surface area contributed by atoms with Crippen LogP contribution in [0, 0.1) is 17.3 Å². The number of rotatable bonds is 7. The minimum atomic E-state index is 0. The van der Waals surface area contributed by atoms with Crippen LogP contribution in [-0.2, 0) is 0 Å². The zero-order valence-electron chi connectivity index (χ0n) is 17.3. The Hall–Kier alpha value is -0.470. The average molecular weight is 425 g/mol. The highest BCUT2D eigenvalue weighted by Gasteiger charge is 2.38. The first-order chi connectivity index (χ1) is 11.3. The molecule has 0 radical (unpaired) electrons. The first-order valence-corrected chi connectivity index (χ1v) is 9.86. The van der Waals surface area contributed by atoms with Crippen molar-refractivity contribution < 1.29 is 21.5 Å². The largest absolute Gasteiger partial charge is 0.412 e. The Kier molecular flexibility index (Phi) is 16.7. The van der Waals surface area contributed by atoms with Crippen molar-refractivity contribution in [3.05, 3.63) is 23.8 Å². The summed E-state index contributed by atoms with van der Waals surface area (Å²) in [4.78, 5) is 2.60. The minimum absolute atomic E-state index is 0. The molecular formula is C21H45ClN2O4. The highest BCUT2D eigenvalue weighted by Crippen LogP contribution is 2.41. The van der Waals surface area contributed by atoms with E-state index in [4.69, 9.17) is 16.7 Å². The summed E-state index contributed by atoms with van der Waals surface area (Å²) in [7, 11) is 0. The highest BCUT2D eigenvalue weighted by molar-refractivity contribution is 6.22. The van der Waals surface area contributed by atoms with E-state index in [-0.39, 0.29) is 41.3 Å². The number of nitrogens with zero attached hydrogens (tertiary/aromatic N) is 1. The van der Waals surface area contributed by atoms with Crippen molar-refractivity contribution in [3.8, 4) is 0 Å². The lowest BCUT2D eigenvalue weighted by Gasteiger charge is -2.46. The van der Waals surface area contributed by atoms with Gasteiger partial charge in [0.1, 0.15) is 0 Å². The molecule has 0 aromatic rings. The Morgan fingerprint density at radius 2 is 1.93 bits per heavy atom. The molecule has 1 aliphatic heterocycles. The molecule has 1 saturated heterocycles. The summed E-state index contributed by atoms with van der Waals surface area (Å²) >= 11 is 6.18. The van der Waals surface area contributed by atoms with E-state index in [9.17, 15) is 0 Å². The maximum atomic E-state index is 9.09. The summed E-state index contributed by atoms with van der Waals surface area (Å²) in [6, 6.07) is 0.440. The van der Waals surface area contributed by atoms with Crippen LogP contribution in [-0.4, -0.2) is 70.6 Å². The number of hydrogen-bond donors (Lipinski definition) is 2. The van der Waals surface area contributed by atoms with Crippen LogP contribution in [0.5, 0.6) is 0 Å². The van der Waals surface area contributed by atoms with Crippen molar-refractivity contribution in [2.24, 2.45) is 17.3 Å². The zero-order chi connectivity index (χ0) is 17.7. The smallest absolute Gasteiger partial charge is 0.0556 e. The third-order valence-electron chi connectivity index (χ3n) is 5.56. The molecule has 2 unspecified atom stereocenters. The van der Waals surface area contributed by atoms with Gasteiger partial charge in [0, 0.05) is 25.7 Å². The lowest BCUT2D eigenvalue weighted by Crippen LogP contribution is -2.52. The van der Waals surface area contributed by atoms with E-state index in [2.05, 4.69) is 56.1 Å². The maximum absolute atomic E-state index is 9.09. The van der Waals surface area contributed by atoms with E-state index >= 15 is 0 Å². The van der Waals surface area contributed by atoms with Gasteiger partial charge in [-0.2, -0.15) is 0 Å². The van der Waals surface area contributed by atoms with Crippen molar-refractivity contribution in [2.75, 3.05) is 32.8 Å². The van der Waals surface area contributed by atoms with Crippen LogP contribution in [0.4, 0.5) is 0 Å². The van der Waals surface area contributed by atoms with E-state index in [0.29, 0.717) is 24.4 Å². The van der Waals surface area contributed by atoms with Gasteiger partial charge in [-0.1, -0.05) is 53.3 Å². The van der Waals surface area contributed by atoms with E-state index in [1.165, 1.54) is 12.0 Å². The first-order valence-electron chi connectivity index (χ1n) is 9.42. The Morgan fingerprint density at radius 3 is 2.39 bits per heavy atom. The summed E-state index contributed by atoms with van der Waals surface area (Å²) in [5, 5.41) is 12.7. The zero-order valence-corrected chi connectivity index (χ0v) is 18.0. The number of piperidine rings is 1. The monoisotopic (exact) mass is 424 g/mol. The number of nitrogens with one attached hydrogen (secondary N) is 1. The highest BCUT2D eigenvalue weighted by atomic mass is 35.5. The maximum Gasteiger partial charge on any atom is 0.0556 e. The van der Waals surface area contributed by atoms with Gasteiger partial charge in [-0.25, -0.2) is 0 Å². The first kappa shape index (κ1) is 32.2. The van der Waals surface area contributed by atoms with E-state index < -0.39 is 0 Å². The van der Waals surface area contributed by atoms with Gasteiger partial charge in [0.15, 0.2) is 0 Å². The van der Waals surface area contributed by atoms with E-state index in [1.54, 1.807) is 0 Å². The van der Waals surface area contributed by atoms with Crippen LogP contribution in [0.15, 0.2) is 23.8 Å². The molecule has 2 rings (SSSR count). The van der Waals surface area contributed by atoms with Gasteiger partial charge in [-0.05, 0) is 42.2 Å². The number of halogens is 1. The van der Waals surface area contributed by atoms with Crippen molar-refractivity contribution in [1.29, 1.82) is 0 Å². The van der Waals surface area contributed by atoms with E-state index in [1.807, 2.05) is 0 Å². The Labute approximate surface area is 177 Å². The molecule has 1 aliphatic carbocycles. The predicted molar refractivity (Wildman–Crippen MR) is 121 cm³/mol. The third kappa shape index (κ3) is 8.91. The van der Waals surface area contributed by atoms with Gasteiger partial charge < -0.3 is 31.8 Å². The van der Waals surface area contributed by atoms with Crippen LogP contribution in [0.25, 0.3) is 0 Å². The molecule has 0 bridgehead atoms. The number of aliphatic hydroxyl groups is 1. The molecule has 0 saturated carbocycles. The fourth-order valence-corrected chi connectivity index (χ4v) is 4.31. The molecule has 0 aromatic carbocycles. The van der Waals surface area contributed by atoms with Gasteiger partial charge in [-0.15, -0.1) is 11.6 Å². The molecule has 0 amide bonds. The summed E-state index contributed by atoms with van der Waals surface area (Å²) in [5.41, 5.74) is 1.75. The molecule has 0 spiro atoms. The summed E-state index contributed by atoms with van der Waals surface area (Å²) in [5.74, 6) is 1.19. The predicted octanol–water partition coefficient (Wildman–Crippen LogP) is 1.60. The summed E-state index contributed by atoms with van der Waals surface area (Å²) in [6.45, 7) is 13.5. The van der Waals surface area contributed by atoms with Gasteiger partial charge in [0.25, 0.3) is 0 Å². The van der Waals surface area contributed by atoms with E-state index in [0.717, 1.165) is 26.1 Å². The van der Waals surface area contributed by atoms with Crippen molar-refractivity contribution in [2.45, 2.75) is 59.4 Å². The van der Waals surface area contributed by atoms with Crippen LogP contribution in [0.1, 0.15) is 48.0 Å². The second-order valence-corrected chi connectivity index (χ2v) is 8.97. The van der Waals surface area contributed by atoms with Crippen LogP contribution < -0.4 is 5.32 Å². The molecule has 8 N–H and O–H groups in total. The second kappa shape index (κ2) is 14.5. The fraction of sp³-hybridized carbons (Fsp3) is 0.810. The Bertz CT molecular complexity index is 469. The number of alkyl halides is 1. The number of likely N-dealkylation sites (tertiary alicyclic amines) is 1. The van der Waals surface area contributed by atoms with Gasteiger partial charge in [0.2, 0.25) is 0 Å². The van der Waals surface area contributed by atoms with Gasteiger partial charge >= 0.3 is 0 Å². The molecular weight excluding hydrogens is 380 g/mol. The SMILES string of the molecule is C.CC(C)[C@H](CN1CCC(C2=CCC(Cl)C=C2)C(C)(C)C1)NCCO.O.O.O. The summed E-state index contributed by atoms with van der Waals surface area (Å²) < 4.78 is 0. The number of allylic oxidation sites excluding steroid dienone is 4. The molecule has 1 heterocycles. The lowest BCUT2D eigenvalue weighted by atomic mass is 9.69. The van der Waals surface area contributed by atoms with Crippen molar-refractivity contribution in [1.82, 2.24) is 10.2 Å². The van der Waals surface area contributed by atoms with Crippen molar-refractivity contribution in [3.63, 3.8) is 0 Å². The summed E-state index contributed by atoms with van der Waals surface area (Å²) in [6.07, 6.45) is 8.92.